The molecular weight excluding hydrogens is 363 g/mol. The summed E-state index contributed by atoms with van der Waals surface area (Å²) in [5.74, 6) is 0.726. The second-order valence-electron chi connectivity index (χ2n) is 5.76. The number of halogens is 3. The van der Waals surface area contributed by atoms with Crippen molar-refractivity contribution in [3.63, 3.8) is 0 Å². The summed E-state index contributed by atoms with van der Waals surface area (Å²) in [5, 5.41) is 6.10. The fourth-order valence-corrected chi connectivity index (χ4v) is 2.46. The highest BCUT2D eigenvalue weighted by atomic mass is 19.4. The highest BCUT2D eigenvalue weighted by Gasteiger charge is 2.33. The van der Waals surface area contributed by atoms with Gasteiger partial charge in [-0.25, -0.2) is 0 Å². The lowest BCUT2D eigenvalue weighted by molar-refractivity contribution is -0.141. The molecule has 0 spiro atoms. The van der Waals surface area contributed by atoms with Gasteiger partial charge in [-0.05, 0) is 44.5 Å². The third-order valence-electron chi connectivity index (χ3n) is 3.68. The maximum Gasteiger partial charge on any atom is 0.435 e. The average molecular weight is 385 g/mol. The highest BCUT2D eigenvalue weighted by molar-refractivity contribution is 5.76. The van der Waals surface area contributed by atoms with Crippen molar-refractivity contribution in [3.05, 3.63) is 41.7 Å². The van der Waals surface area contributed by atoms with Crippen molar-refractivity contribution in [1.82, 2.24) is 15.1 Å². The van der Waals surface area contributed by atoms with Gasteiger partial charge in [-0.3, -0.25) is 9.48 Å². The Morgan fingerprint density at radius 2 is 1.85 bits per heavy atom. The second-order valence-corrected chi connectivity index (χ2v) is 5.76. The summed E-state index contributed by atoms with van der Waals surface area (Å²) < 4.78 is 49.7. The van der Waals surface area contributed by atoms with Crippen LogP contribution in [-0.4, -0.2) is 28.9 Å². The van der Waals surface area contributed by atoms with Crippen LogP contribution in [0, 0.1) is 0 Å². The van der Waals surface area contributed by atoms with Crippen molar-refractivity contribution >= 4 is 5.91 Å². The van der Waals surface area contributed by atoms with Gasteiger partial charge in [0.15, 0.2) is 17.2 Å². The monoisotopic (exact) mass is 385 g/mol. The molecule has 148 valence electrons. The molecule has 0 bridgehead atoms. The van der Waals surface area contributed by atoms with Gasteiger partial charge in [-0.2, -0.15) is 18.3 Å². The van der Waals surface area contributed by atoms with E-state index in [1.54, 1.807) is 25.1 Å². The first kappa shape index (κ1) is 20.6. The molecule has 9 heteroatoms. The summed E-state index contributed by atoms with van der Waals surface area (Å²) in [5.41, 5.74) is -0.247. The molecule has 0 saturated heterocycles. The van der Waals surface area contributed by atoms with Gasteiger partial charge in [-0.15, -0.1) is 0 Å². The zero-order chi connectivity index (χ0) is 20.0. The number of nitrogens with one attached hydrogen (secondary N) is 1. The van der Waals surface area contributed by atoms with Crippen LogP contribution in [0.4, 0.5) is 13.2 Å². The lowest BCUT2D eigenvalue weighted by atomic mass is 10.1. The summed E-state index contributed by atoms with van der Waals surface area (Å²) in [4.78, 5) is 12.1. The number of amides is 1. The van der Waals surface area contributed by atoms with Crippen molar-refractivity contribution in [2.24, 2.45) is 0 Å². The molecule has 6 nitrogen and oxygen atoms in total. The first-order valence-corrected chi connectivity index (χ1v) is 8.54. The summed E-state index contributed by atoms with van der Waals surface area (Å²) in [6, 6.07) is 5.79. The van der Waals surface area contributed by atoms with Gasteiger partial charge in [-0.1, -0.05) is 6.07 Å². The zero-order valence-electron chi connectivity index (χ0n) is 15.3. The average Bonchev–Trinajstić information content (AvgIpc) is 3.05. The first-order chi connectivity index (χ1) is 12.7. The Bertz CT molecular complexity index is 775. The predicted molar refractivity (Wildman–Crippen MR) is 92.6 cm³/mol. The van der Waals surface area contributed by atoms with Gasteiger partial charge >= 0.3 is 6.18 Å². The number of benzene rings is 1. The summed E-state index contributed by atoms with van der Waals surface area (Å²) in [7, 11) is 0. The number of carbonyl (C=O) groups excluding carboxylic acids is 1. The van der Waals surface area contributed by atoms with E-state index in [0.29, 0.717) is 24.7 Å². The highest BCUT2D eigenvalue weighted by Crippen LogP contribution is 2.31. The number of alkyl halides is 3. The van der Waals surface area contributed by atoms with Crippen LogP contribution in [0.25, 0.3) is 0 Å². The Morgan fingerprint density at radius 3 is 2.44 bits per heavy atom. The van der Waals surface area contributed by atoms with E-state index in [9.17, 15) is 18.0 Å². The standard InChI is InChI=1S/C18H22F3N3O3/c1-4-26-14-7-6-13(10-15(14)27-5-2)12(3)22-17(25)11-24-9-8-16(23-24)18(19,20)21/h6-10,12H,4-5,11H2,1-3H3,(H,22,25)/t12-/m1/s1. The Morgan fingerprint density at radius 1 is 1.19 bits per heavy atom. The quantitative estimate of drug-likeness (QED) is 0.754. The molecule has 2 rings (SSSR count). The van der Waals surface area contributed by atoms with Gasteiger partial charge in [0.05, 0.1) is 19.3 Å². The van der Waals surface area contributed by atoms with E-state index in [0.717, 1.165) is 22.5 Å². The Balaban J connectivity index is 2.03. The zero-order valence-corrected chi connectivity index (χ0v) is 15.3. The number of aromatic nitrogens is 2. The van der Waals surface area contributed by atoms with Crippen LogP contribution in [0.1, 0.15) is 38.1 Å². The van der Waals surface area contributed by atoms with Crippen LogP contribution in [0.15, 0.2) is 30.5 Å². The van der Waals surface area contributed by atoms with Crippen LogP contribution in [-0.2, 0) is 17.5 Å². The fraction of sp³-hybridized carbons (Fsp3) is 0.444. The van der Waals surface area contributed by atoms with Crippen molar-refractivity contribution in [2.75, 3.05) is 13.2 Å². The first-order valence-electron chi connectivity index (χ1n) is 8.54. The van der Waals surface area contributed by atoms with Crippen LogP contribution in [0.2, 0.25) is 0 Å². The molecule has 0 aliphatic carbocycles. The van der Waals surface area contributed by atoms with Gasteiger partial charge in [0.25, 0.3) is 0 Å². The van der Waals surface area contributed by atoms with Gasteiger partial charge in [0.1, 0.15) is 6.54 Å². The molecule has 0 radical (unpaired) electrons. The van der Waals surface area contributed by atoms with E-state index >= 15 is 0 Å². The molecule has 0 saturated carbocycles. The minimum atomic E-state index is -4.53. The van der Waals surface area contributed by atoms with E-state index in [1.165, 1.54) is 0 Å². The molecule has 1 N–H and O–H groups in total. The van der Waals surface area contributed by atoms with Crippen LogP contribution in [0.5, 0.6) is 11.5 Å². The van der Waals surface area contributed by atoms with E-state index in [-0.39, 0.29) is 12.6 Å². The molecule has 0 unspecified atom stereocenters. The van der Waals surface area contributed by atoms with E-state index < -0.39 is 17.8 Å². The molecule has 1 aromatic carbocycles. The lowest BCUT2D eigenvalue weighted by Crippen LogP contribution is -2.30. The molecule has 0 aliphatic heterocycles. The molecule has 0 fully saturated rings. The molecule has 2 aromatic rings. The molecular formula is C18H22F3N3O3. The molecule has 1 amide bonds. The minimum absolute atomic E-state index is 0.310. The van der Waals surface area contributed by atoms with Gasteiger partial charge in [0.2, 0.25) is 5.91 Å². The minimum Gasteiger partial charge on any atom is -0.490 e. The number of ether oxygens (including phenoxy) is 2. The Labute approximate surface area is 155 Å². The van der Waals surface area contributed by atoms with Crippen LogP contribution >= 0.6 is 0 Å². The van der Waals surface area contributed by atoms with Crippen molar-refractivity contribution in [3.8, 4) is 11.5 Å². The van der Waals surface area contributed by atoms with E-state index in [4.69, 9.17) is 9.47 Å². The van der Waals surface area contributed by atoms with Crippen LogP contribution in [0.3, 0.4) is 0 Å². The fourth-order valence-electron chi connectivity index (χ4n) is 2.46. The number of hydrogen-bond acceptors (Lipinski definition) is 4. The maximum absolute atomic E-state index is 12.6. The molecule has 27 heavy (non-hydrogen) atoms. The molecule has 1 heterocycles. The maximum atomic E-state index is 12.6. The summed E-state index contributed by atoms with van der Waals surface area (Å²) in [6.45, 7) is 6.14. The molecule has 1 aromatic heterocycles. The van der Waals surface area contributed by atoms with Crippen molar-refractivity contribution in [2.45, 2.75) is 39.5 Å². The molecule has 1 atom stereocenters. The van der Waals surface area contributed by atoms with E-state index in [2.05, 4.69) is 10.4 Å². The van der Waals surface area contributed by atoms with Gasteiger partial charge in [0, 0.05) is 6.20 Å². The molecule has 0 aliphatic rings. The normalized spacial score (nSPS) is 12.5. The Hall–Kier alpha value is -2.71. The number of nitrogens with zero attached hydrogens (tertiary/aromatic N) is 2. The van der Waals surface area contributed by atoms with Gasteiger partial charge < -0.3 is 14.8 Å². The summed E-state index contributed by atoms with van der Waals surface area (Å²) in [6.07, 6.45) is -3.41. The topological polar surface area (TPSA) is 65.4 Å². The largest absolute Gasteiger partial charge is 0.490 e. The van der Waals surface area contributed by atoms with Crippen molar-refractivity contribution < 1.29 is 27.4 Å². The Kier molecular flexibility index (Phi) is 6.70. The third kappa shape index (κ3) is 5.63. The third-order valence-corrected chi connectivity index (χ3v) is 3.68. The number of hydrogen-bond donors (Lipinski definition) is 1. The van der Waals surface area contributed by atoms with E-state index in [1.807, 2.05) is 13.8 Å². The SMILES string of the molecule is CCOc1ccc([C@@H](C)NC(=O)Cn2ccc(C(F)(F)F)n2)cc1OCC. The summed E-state index contributed by atoms with van der Waals surface area (Å²) >= 11 is 0. The smallest absolute Gasteiger partial charge is 0.435 e. The number of carbonyl (C=O) groups is 1. The van der Waals surface area contributed by atoms with Crippen LogP contribution < -0.4 is 14.8 Å². The number of rotatable bonds is 8. The second kappa shape index (κ2) is 8.79. The predicted octanol–water partition coefficient (Wildman–Crippen LogP) is 3.58. The van der Waals surface area contributed by atoms with Crippen molar-refractivity contribution in [1.29, 1.82) is 0 Å². The lowest BCUT2D eigenvalue weighted by Gasteiger charge is -2.17.